The van der Waals surface area contributed by atoms with Crippen molar-refractivity contribution < 1.29 is 0 Å². The van der Waals surface area contributed by atoms with Crippen molar-refractivity contribution in [1.29, 1.82) is 0 Å². The third-order valence-corrected chi connectivity index (χ3v) is 2.75. The molecule has 0 unspecified atom stereocenters. The number of halogens is 1. The quantitative estimate of drug-likeness (QED) is 0.682. The van der Waals surface area contributed by atoms with Gasteiger partial charge < -0.3 is 10.6 Å². The zero-order chi connectivity index (χ0) is 12.0. The van der Waals surface area contributed by atoms with Crippen molar-refractivity contribution in [3.05, 3.63) is 34.3 Å². The van der Waals surface area contributed by atoms with E-state index >= 15 is 0 Å². The zero-order valence-electron chi connectivity index (χ0n) is 9.78. The van der Waals surface area contributed by atoms with Crippen molar-refractivity contribution in [2.24, 2.45) is 10.7 Å². The number of nitrogens with zero attached hydrogens (tertiary/aromatic N) is 2. The third kappa shape index (κ3) is 4.23. The van der Waals surface area contributed by atoms with Crippen molar-refractivity contribution in [1.82, 2.24) is 4.90 Å². The molecule has 0 bridgehead atoms. The molecule has 0 fully saturated rings. The minimum atomic E-state index is 0.602. The minimum absolute atomic E-state index is 0.602. The molecule has 0 saturated carbocycles. The predicted octanol–water partition coefficient (Wildman–Crippen LogP) is 2.61. The van der Waals surface area contributed by atoms with Gasteiger partial charge >= 0.3 is 0 Å². The fourth-order valence-electron chi connectivity index (χ4n) is 1.29. The molecular weight excluding hydrogens is 266 g/mol. The van der Waals surface area contributed by atoms with Gasteiger partial charge in [-0.1, -0.05) is 35.0 Å². The average molecular weight is 284 g/mol. The summed E-state index contributed by atoms with van der Waals surface area (Å²) in [6.07, 6.45) is 1.02. The molecule has 1 aromatic carbocycles. The number of hydrogen-bond donors (Lipinski definition) is 1. The summed E-state index contributed by atoms with van der Waals surface area (Å²) in [7, 11) is 1.95. The Morgan fingerprint density at radius 3 is 2.56 bits per heavy atom. The van der Waals surface area contributed by atoms with Gasteiger partial charge in [0.1, 0.15) is 0 Å². The fraction of sp³-hybridized carbons (Fsp3) is 0.417. The molecule has 3 nitrogen and oxygen atoms in total. The molecule has 0 heterocycles. The Morgan fingerprint density at radius 2 is 2.00 bits per heavy atom. The van der Waals surface area contributed by atoms with Crippen molar-refractivity contribution in [3.8, 4) is 0 Å². The van der Waals surface area contributed by atoms with Crippen LogP contribution in [0.5, 0.6) is 0 Å². The Morgan fingerprint density at radius 1 is 1.38 bits per heavy atom. The normalized spacial score (nSPS) is 11.6. The number of nitrogens with two attached hydrogens (primary N) is 1. The number of aliphatic imine (C=N–C) groups is 1. The smallest absolute Gasteiger partial charge is 0.191 e. The first-order valence-corrected chi connectivity index (χ1v) is 6.18. The Balaban J connectivity index is 2.56. The lowest BCUT2D eigenvalue weighted by Gasteiger charge is -2.18. The SMILES string of the molecule is CCCN=C(N)N(C)Cc1ccc(Br)cc1. The largest absolute Gasteiger partial charge is 0.370 e. The number of hydrogen-bond acceptors (Lipinski definition) is 1. The second-order valence-corrected chi connectivity index (χ2v) is 4.64. The van der Waals surface area contributed by atoms with Crippen LogP contribution in [0.1, 0.15) is 18.9 Å². The number of guanidine groups is 1. The van der Waals surface area contributed by atoms with Crippen LogP contribution < -0.4 is 5.73 Å². The van der Waals surface area contributed by atoms with Gasteiger partial charge in [0.05, 0.1) is 0 Å². The van der Waals surface area contributed by atoms with E-state index in [1.807, 2.05) is 24.1 Å². The summed E-state index contributed by atoms with van der Waals surface area (Å²) < 4.78 is 1.09. The second-order valence-electron chi connectivity index (χ2n) is 3.72. The molecule has 0 atom stereocenters. The van der Waals surface area contributed by atoms with Crippen molar-refractivity contribution >= 4 is 21.9 Å². The highest BCUT2D eigenvalue weighted by atomic mass is 79.9. The molecule has 4 heteroatoms. The molecule has 0 radical (unpaired) electrons. The van der Waals surface area contributed by atoms with Gasteiger partial charge in [-0.05, 0) is 24.1 Å². The first kappa shape index (κ1) is 13.0. The highest BCUT2D eigenvalue weighted by molar-refractivity contribution is 9.10. The van der Waals surface area contributed by atoms with Crippen LogP contribution in [0.25, 0.3) is 0 Å². The maximum atomic E-state index is 5.85. The summed E-state index contributed by atoms with van der Waals surface area (Å²) in [5.74, 6) is 0.602. The van der Waals surface area contributed by atoms with E-state index in [2.05, 4.69) is 40.0 Å². The van der Waals surface area contributed by atoms with Crippen molar-refractivity contribution in [3.63, 3.8) is 0 Å². The fourth-order valence-corrected chi connectivity index (χ4v) is 1.56. The second kappa shape index (κ2) is 6.53. The van der Waals surface area contributed by atoms with E-state index in [9.17, 15) is 0 Å². The molecule has 2 N–H and O–H groups in total. The molecule has 0 aromatic heterocycles. The summed E-state index contributed by atoms with van der Waals surface area (Å²) in [5.41, 5.74) is 7.07. The Bertz CT molecular complexity index is 346. The van der Waals surface area contributed by atoms with E-state index in [4.69, 9.17) is 5.73 Å². The maximum absolute atomic E-state index is 5.85. The van der Waals surface area contributed by atoms with Gasteiger partial charge in [-0.25, -0.2) is 0 Å². The maximum Gasteiger partial charge on any atom is 0.191 e. The molecule has 0 aliphatic rings. The first-order valence-electron chi connectivity index (χ1n) is 5.39. The van der Waals surface area contributed by atoms with Crippen LogP contribution in [0.2, 0.25) is 0 Å². The molecule has 0 aliphatic heterocycles. The van der Waals surface area contributed by atoms with Crippen molar-refractivity contribution in [2.75, 3.05) is 13.6 Å². The van der Waals surface area contributed by atoms with E-state index in [0.29, 0.717) is 5.96 Å². The third-order valence-electron chi connectivity index (χ3n) is 2.22. The lowest BCUT2D eigenvalue weighted by molar-refractivity contribution is 0.492. The summed E-state index contributed by atoms with van der Waals surface area (Å²) in [5, 5.41) is 0. The van der Waals surface area contributed by atoms with E-state index < -0.39 is 0 Å². The van der Waals surface area contributed by atoms with Crippen LogP contribution >= 0.6 is 15.9 Å². The molecule has 0 amide bonds. The molecule has 0 saturated heterocycles. The summed E-state index contributed by atoms with van der Waals surface area (Å²) >= 11 is 3.41. The Kier molecular flexibility index (Phi) is 5.32. The topological polar surface area (TPSA) is 41.6 Å². The van der Waals surface area contributed by atoms with Crippen LogP contribution in [0.4, 0.5) is 0 Å². The summed E-state index contributed by atoms with van der Waals surface area (Å²) in [4.78, 5) is 6.22. The van der Waals surface area contributed by atoms with E-state index in [-0.39, 0.29) is 0 Å². The molecule has 88 valence electrons. The van der Waals surface area contributed by atoms with Gasteiger partial charge in [-0.2, -0.15) is 0 Å². The van der Waals surface area contributed by atoms with Gasteiger partial charge in [0.15, 0.2) is 5.96 Å². The van der Waals surface area contributed by atoms with Gasteiger partial charge in [-0.3, -0.25) is 4.99 Å². The number of benzene rings is 1. The Hall–Kier alpha value is -1.03. The molecule has 1 aromatic rings. The monoisotopic (exact) mass is 283 g/mol. The summed E-state index contributed by atoms with van der Waals surface area (Å²) in [6, 6.07) is 8.21. The lowest BCUT2D eigenvalue weighted by atomic mass is 10.2. The molecule has 0 spiro atoms. The molecule has 16 heavy (non-hydrogen) atoms. The first-order chi connectivity index (χ1) is 7.63. The molecular formula is C12H18BrN3. The van der Waals surface area contributed by atoms with Crippen LogP contribution in [-0.2, 0) is 6.54 Å². The average Bonchev–Trinajstić information content (AvgIpc) is 2.29. The van der Waals surface area contributed by atoms with E-state index in [1.165, 1.54) is 5.56 Å². The van der Waals surface area contributed by atoms with Crippen LogP contribution in [0.3, 0.4) is 0 Å². The van der Waals surface area contributed by atoms with Gasteiger partial charge in [0.2, 0.25) is 0 Å². The van der Waals surface area contributed by atoms with Crippen molar-refractivity contribution in [2.45, 2.75) is 19.9 Å². The number of rotatable bonds is 4. The van der Waals surface area contributed by atoms with Crippen LogP contribution in [0.15, 0.2) is 33.7 Å². The lowest BCUT2D eigenvalue weighted by Crippen LogP contribution is -2.33. The predicted molar refractivity (Wildman–Crippen MR) is 72.4 cm³/mol. The van der Waals surface area contributed by atoms with Crippen LogP contribution in [-0.4, -0.2) is 24.5 Å². The van der Waals surface area contributed by atoms with Gasteiger partial charge in [0, 0.05) is 24.6 Å². The highest BCUT2D eigenvalue weighted by Crippen LogP contribution is 2.11. The minimum Gasteiger partial charge on any atom is -0.370 e. The van der Waals surface area contributed by atoms with E-state index in [0.717, 1.165) is 24.0 Å². The standard InChI is InChI=1S/C12H18BrN3/c1-3-8-15-12(14)16(2)9-10-4-6-11(13)7-5-10/h4-7H,3,8-9H2,1-2H3,(H2,14,15). The molecule has 1 rings (SSSR count). The highest BCUT2D eigenvalue weighted by Gasteiger charge is 2.02. The zero-order valence-corrected chi connectivity index (χ0v) is 11.4. The molecule has 0 aliphatic carbocycles. The summed E-state index contributed by atoms with van der Waals surface area (Å²) in [6.45, 7) is 3.66. The van der Waals surface area contributed by atoms with Gasteiger partial charge in [-0.15, -0.1) is 0 Å². The Labute approximate surface area is 105 Å². The van der Waals surface area contributed by atoms with Gasteiger partial charge in [0.25, 0.3) is 0 Å². The van der Waals surface area contributed by atoms with Crippen LogP contribution in [0, 0.1) is 0 Å². The van der Waals surface area contributed by atoms with E-state index in [1.54, 1.807) is 0 Å².